The van der Waals surface area contributed by atoms with E-state index in [2.05, 4.69) is 4.72 Å². The Labute approximate surface area is 166 Å². The van der Waals surface area contributed by atoms with Gasteiger partial charge in [0.25, 0.3) is 0 Å². The van der Waals surface area contributed by atoms with Crippen molar-refractivity contribution in [2.45, 2.75) is 17.5 Å². The van der Waals surface area contributed by atoms with Crippen molar-refractivity contribution in [3.8, 4) is 11.5 Å². The normalized spacial score (nSPS) is 12.7. The van der Waals surface area contributed by atoms with Gasteiger partial charge in [0.2, 0.25) is 10.0 Å². The summed E-state index contributed by atoms with van der Waals surface area (Å²) in [5, 5.41) is 14.2. The van der Waals surface area contributed by atoms with E-state index in [9.17, 15) is 13.5 Å². The minimum Gasteiger partial charge on any atom is -0.493 e. The molecule has 0 fully saturated rings. The minimum absolute atomic E-state index is 0.0928. The summed E-state index contributed by atoms with van der Waals surface area (Å²) in [5.41, 5.74) is 0.833. The Morgan fingerprint density at radius 2 is 1.89 bits per heavy atom. The van der Waals surface area contributed by atoms with E-state index in [1.165, 1.54) is 49.0 Å². The van der Waals surface area contributed by atoms with Crippen LogP contribution in [-0.2, 0) is 16.6 Å². The maximum absolute atomic E-state index is 12.5. The highest BCUT2D eigenvalue weighted by Crippen LogP contribution is 2.31. The molecule has 0 saturated heterocycles. The Balaban J connectivity index is 1.71. The molecule has 2 N–H and O–H groups in total. The summed E-state index contributed by atoms with van der Waals surface area (Å²) in [6, 6.07) is 9.92. The Morgan fingerprint density at radius 3 is 2.56 bits per heavy atom. The van der Waals surface area contributed by atoms with Crippen LogP contribution in [0.3, 0.4) is 0 Å². The van der Waals surface area contributed by atoms with Gasteiger partial charge in [-0.2, -0.15) is 11.3 Å². The molecule has 0 saturated carbocycles. The number of hydrogen-bond donors (Lipinski definition) is 2. The Bertz CT molecular complexity index is 996. The van der Waals surface area contributed by atoms with Crippen LogP contribution >= 0.6 is 22.7 Å². The number of hydrogen-bond acceptors (Lipinski definition) is 7. The van der Waals surface area contributed by atoms with Crippen LogP contribution in [0.2, 0.25) is 0 Å². The molecule has 1 atom stereocenters. The van der Waals surface area contributed by atoms with Gasteiger partial charge in [-0.15, -0.1) is 11.3 Å². The number of ether oxygens (including phenoxy) is 2. The third kappa shape index (κ3) is 4.50. The summed E-state index contributed by atoms with van der Waals surface area (Å²) in [6.07, 6.45) is -0.697. The molecular formula is C18H19NO5S3. The number of methoxy groups -OCH3 is 2. The average Bonchev–Trinajstić information content (AvgIpc) is 3.37. The van der Waals surface area contributed by atoms with E-state index >= 15 is 0 Å². The van der Waals surface area contributed by atoms with Crippen LogP contribution in [0.25, 0.3) is 0 Å². The zero-order valence-corrected chi connectivity index (χ0v) is 17.2. The Morgan fingerprint density at radius 1 is 1.11 bits per heavy atom. The van der Waals surface area contributed by atoms with E-state index in [1.54, 1.807) is 6.07 Å². The molecule has 0 bridgehead atoms. The number of aliphatic hydroxyl groups is 1. The predicted octanol–water partition coefficient (Wildman–Crippen LogP) is 3.39. The van der Waals surface area contributed by atoms with Crippen LogP contribution < -0.4 is 14.2 Å². The zero-order valence-electron chi connectivity index (χ0n) is 14.7. The monoisotopic (exact) mass is 425 g/mol. The fourth-order valence-electron chi connectivity index (χ4n) is 2.46. The number of benzene rings is 1. The van der Waals surface area contributed by atoms with Gasteiger partial charge in [0.15, 0.2) is 11.5 Å². The summed E-state index contributed by atoms with van der Waals surface area (Å²) in [7, 11) is -0.769. The first-order valence-corrected chi connectivity index (χ1v) is 11.2. The molecule has 9 heteroatoms. The topological polar surface area (TPSA) is 84.9 Å². The van der Waals surface area contributed by atoms with E-state index in [-0.39, 0.29) is 11.4 Å². The number of aliphatic hydroxyl groups excluding tert-OH is 1. The Hall–Kier alpha value is -1.91. The van der Waals surface area contributed by atoms with Gasteiger partial charge in [-0.25, -0.2) is 13.1 Å². The second kappa shape index (κ2) is 8.41. The molecule has 3 rings (SSSR count). The van der Waals surface area contributed by atoms with E-state index in [1.807, 2.05) is 29.0 Å². The van der Waals surface area contributed by atoms with Crippen molar-refractivity contribution in [3.05, 3.63) is 62.5 Å². The standard InChI is InChI=1S/C18H19NO5S3/c1-23-15-5-4-14(9-16(15)24-2)27(21,22)19-10-13-3-6-17(26-13)18(20)12-7-8-25-11-12/h3-9,11,18-20H,10H2,1-2H3. The molecule has 144 valence electrons. The van der Waals surface area contributed by atoms with E-state index in [0.717, 1.165) is 15.3 Å². The second-order valence-electron chi connectivity index (χ2n) is 5.60. The molecule has 1 aromatic carbocycles. The molecule has 2 heterocycles. The van der Waals surface area contributed by atoms with Crippen molar-refractivity contribution < 1.29 is 23.0 Å². The number of thiophene rings is 2. The van der Waals surface area contributed by atoms with Crippen LogP contribution in [0.1, 0.15) is 21.4 Å². The van der Waals surface area contributed by atoms with Crippen molar-refractivity contribution in [2.24, 2.45) is 0 Å². The number of nitrogens with one attached hydrogen (secondary N) is 1. The molecule has 0 aliphatic rings. The van der Waals surface area contributed by atoms with E-state index in [0.29, 0.717) is 11.5 Å². The van der Waals surface area contributed by atoms with Gasteiger partial charge < -0.3 is 14.6 Å². The van der Waals surface area contributed by atoms with Gasteiger partial charge in [0.1, 0.15) is 6.10 Å². The van der Waals surface area contributed by atoms with Crippen molar-refractivity contribution in [1.82, 2.24) is 4.72 Å². The lowest BCUT2D eigenvalue weighted by molar-refractivity contribution is 0.224. The van der Waals surface area contributed by atoms with Crippen molar-refractivity contribution >= 4 is 32.7 Å². The maximum atomic E-state index is 12.5. The summed E-state index contributed by atoms with van der Waals surface area (Å²) >= 11 is 2.89. The van der Waals surface area contributed by atoms with Gasteiger partial charge in [-0.3, -0.25) is 0 Å². The third-order valence-electron chi connectivity index (χ3n) is 3.91. The molecule has 0 spiro atoms. The first-order chi connectivity index (χ1) is 12.9. The fraction of sp³-hybridized carbons (Fsp3) is 0.222. The van der Waals surface area contributed by atoms with Crippen LogP contribution in [0.15, 0.2) is 52.1 Å². The highest BCUT2D eigenvalue weighted by Gasteiger charge is 2.18. The van der Waals surface area contributed by atoms with Crippen LogP contribution in [-0.4, -0.2) is 27.7 Å². The zero-order chi connectivity index (χ0) is 19.4. The number of rotatable bonds is 8. The van der Waals surface area contributed by atoms with Gasteiger partial charge in [0.05, 0.1) is 19.1 Å². The molecular weight excluding hydrogens is 406 g/mol. The lowest BCUT2D eigenvalue weighted by Gasteiger charge is -2.10. The van der Waals surface area contributed by atoms with Crippen molar-refractivity contribution in [3.63, 3.8) is 0 Å². The molecule has 0 aliphatic carbocycles. The van der Waals surface area contributed by atoms with Crippen molar-refractivity contribution in [1.29, 1.82) is 0 Å². The average molecular weight is 426 g/mol. The Kier molecular flexibility index (Phi) is 6.18. The van der Waals surface area contributed by atoms with Gasteiger partial charge >= 0.3 is 0 Å². The second-order valence-corrected chi connectivity index (χ2v) is 9.35. The lowest BCUT2D eigenvalue weighted by atomic mass is 10.2. The molecule has 1 unspecified atom stereocenters. The molecule has 0 amide bonds. The van der Waals surface area contributed by atoms with Crippen LogP contribution in [0.4, 0.5) is 0 Å². The van der Waals surface area contributed by atoms with E-state index in [4.69, 9.17) is 9.47 Å². The van der Waals surface area contributed by atoms with E-state index < -0.39 is 16.1 Å². The lowest BCUT2D eigenvalue weighted by Crippen LogP contribution is -2.22. The number of sulfonamides is 1. The summed E-state index contributed by atoms with van der Waals surface area (Å²) in [6.45, 7) is 0.137. The highest BCUT2D eigenvalue weighted by atomic mass is 32.2. The maximum Gasteiger partial charge on any atom is 0.241 e. The largest absolute Gasteiger partial charge is 0.493 e. The van der Waals surface area contributed by atoms with Crippen LogP contribution in [0, 0.1) is 0 Å². The molecule has 2 aromatic heterocycles. The molecule has 0 radical (unpaired) electrons. The molecule has 0 aliphatic heterocycles. The van der Waals surface area contributed by atoms with Gasteiger partial charge in [-0.05, 0) is 46.7 Å². The highest BCUT2D eigenvalue weighted by molar-refractivity contribution is 7.89. The quantitative estimate of drug-likeness (QED) is 0.578. The smallest absolute Gasteiger partial charge is 0.241 e. The fourth-order valence-corrected chi connectivity index (χ4v) is 5.22. The summed E-state index contributed by atoms with van der Waals surface area (Å²) < 4.78 is 38.0. The predicted molar refractivity (Wildman–Crippen MR) is 106 cm³/mol. The minimum atomic E-state index is -3.71. The summed E-state index contributed by atoms with van der Waals surface area (Å²) in [5.74, 6) is 0.805. The first kappa shape index (κ1) is 19.8. The van der Waals surface area contributed by atoms with Crippen LogP contribution in [0.5, 0.6) is 11.5 Å². The third-order valence-corrected chi connectivity index (χ3v) is 7.15. The summed E-state index contributed by atoms with van der Waals surface area (Å²) in [4.78, 5) is 1.67. The first-order valence-electron chi connectivity index (χ1n) is 7.95. The van der Waals surface area contributed by atoms with Crippen molar-refractivity contribution in [2.75, 3.05) is 14.2 Å². The molecule has 6 nitrogen and oxygen atoms in total. The van der Waals surface area contributed by atoms with Gasteiger partial charge in [0, 0.05) is 22.4 Å². The van der Waals surface area contributed by atoms with Gasteiger partial charge in [-0.1, -0.05) is 0 Å². The molecule has 3 aromatic rings. The molecule has 27 heavy (non-hydrogen) atoms. The SMILES string of the molecule is COc1ccc(S(=O)(=O)NCc2ccc(C(O)c3ccsc3)s2)cc1OC.